The lowest BCUT2D eigenvalue weighted by atomic mass is 9.93. The largest absolute Gasteiger partial charge is 0.457 e. The van der Waals surface area contributed by atoms with Crippen LogP contribution in [0, 0.1) is 0 Å². The SMILES string of the molecule is C=CC(=O)OC(C)C(=O)OC1C2CC3C(S2)C1NS3(=O)=O. The predicted octanol–water partition coefficient (Wildman–Crippen LogP) is -0.426. The molecule has 3 aliphatic rings. The number of esters is 2. The number of carbonyl (C=O) groups excluding carboxylic acids is 2. The second-order valence-electron chi connectivity index (χ2n) is 5.29. The van der Waals surface area contributed by atoms with Crippen molar-refractivity contribution in [1.29, 1.82) is 0 Å². The van der Waals surface area contributed by atoms with Gasteiger partial charge in [0.25, 0.3) is 0 Å². The molecule has 0 spiro atoms. The molecule has 9 heteroatoms. The molecule has 0 aliphatic carbocycles. The van der Waals surface area contributed by atoms with Crippen molar-refractivity contribution in [3.63, 3.8) is 0 Å². The van der Waals surface area contributed by atoms with E-state index < -0.39 is 34.2 Å². The van der Waals surface area contributed by atoms with Gasteiger partial charge >= 0.3 is 11.9 Å². The maximum absolute atomic E-state index is 11.9. The van der Waals surface area contributed by atoms with Gasteiger partial charge in [0, 0.05) is 16.6 Å². The molecule has 2 bridgehead atoms. The Morgan fingerprint density at radius 1 is 1.48 bits per heavy atom. The van der Waals surface area contributed by atoms with Crippen LogP contribution in [0.2, 0.25) is 0 Å². The molecule has 3 aliphatic heterocycles. The summed E-state index contributed by atoms with van der Waals surface area (Å²) in [4.78, 5) is 23.0. The molecule has 7 nitrogen and oxygen atoms in total. The minimum absolute atomic E-state index is 0.0268. The Kier molecular flexibility index (Phi) is 3.53. The van der Waals surface area contributed by atoms with Crippen molar-refractivity contribution in [3.8, 4) is 0 Å². The lowest BCUT2D eigenvalue weighted by Gasteiger charge is -2.25. The highest BCUT2D eigenvalue weighted by molar-refractivity contribution is 8.03. The lowest BCUT2D eigenvalue weighted by molar-refractivity contribution is -0.168. The van der Waals surface area contributed by atoms with Gasteiger partial charge < -0.3 is 9.47 Å². The molecule has 0 saturated carbocycles. The highest BCUT2D eigenvalue weighted by Gasteiger charge is 2.64. The second kappa shape index (κ2) is 4.99. The van der Waals surface area contributed by atoms with Crippen molar-refractivity contribution in [2.45, 2.75) is 47.3 Å². The molecule has 6 atom stereocenters. The van der Waals surface area contributed by atoms with Crippen molar-refractivity contribution in [2.24, 2.45) is 0 Å². The van der Waals surface area contributed by atoms with Crippen molar-refractivity contribution in [2.75, 3.05) is 0 Å². The monoisotopic (exact) mass is 333 g/mol. The molecule has 21 heavy (non-hydrogen) atoms. The number of hydrogen-bond acceptors (Lipinski definition) is 7. The Hall–Kier alpha value is -1.06. The van der Waals surface area contributed by atoms with E-state index >= 15 is 0 Å². The first-order valence-electron chi connectivity index (χ1n) is 6.53. The molecule has 3 rings (SSSR count). The zero-order valence-corrected chi connectivity index (χ0v) is 12.9. The van der Waals surface area contributed by atoms with Crippen LogP contribution < -0.4 is 4.72 Å². The fourth-order valence-electron chi connectivity index (χ4n) is 3.02. The number of hydrogen-bond donors (Lipinski definition) is 1. The Labute approximate surface area is 126 Å². The van der Waals surface area contributed by atoms with Gasteiger partial charge in [0.05, 0.1) is 11.3 Å². The molecular formula is C12H15NO6S2. The van der Waals surface area contributed by atoms with Gasteiger partial charge in [-0.3, -0.25) is 0 Å². The number of ether oxygens (including phenoxy) is 2. The third-order valence-electron chi connectivity index (χ3n) is 3.98. The molecular weight excluding hydrogens is 318 g/mol. The van der Waals surface area contributed by atoms with E-state index in [1.165, 1.54) is 6.92 Å². The molecule has 3 heterocycles. The minimum Gasteiger partial charge on any atom is -0.457 e. The van der Waals surface area contributed by atoms with Gasteiger partial charge in [0.2, 0.25) is 10.0 Å². The summed E-state index contributed by atoms with van der Waals surface area (Å²) < 4.78 is 36.5. The normalized spacial score (nSPS) is 39.8. The topological polar surface area (TPSA) is 98.8 Å². The minimum atomic E-state index is -3.30. The molecule has 3 saturated heterocycles. The molecule has 0 aromatic carbocycles. The maximum atomic E-state index is 11.9. The van der Waals surface area contributed by atoms with Gasteiger partial charge in [0.15, 0.2) is 6.10 Å². The number of fused-ring (bicyclic) bond motifs is 1. The highest BCUT2D eigenvalue weighted by atomic mass is 32.2. The number of nitrogens with one attached hydrogen (secondary N) is 1. The van der Waals surface area contributed by atoms with Crippen LogP contribution in [0.4, 0.5) is 0 Å². The highest BCUT2D eigenvalue weighted by Crippen LogP contribution is 2.53. The van der Waals surface area contributed by atoms with Gasteiger partial charge in [-0.15, -0.1) is 11.8 Å². The fraction of sp³-hybridized carbons (Fsp3) is 0.667. The van der Waals surface area contributed by atoms with Crippen LogP contribution >= 0.6 is 11.8 Å². The number of rotatable bonds is 4. The molecule has 6 unspecified atom stereocenters. The van der Waals surface area contributed by atoms with Crippen LogP contribution in [0.5, 0.6) is 0 Å². The van der Waals surface area contributed by atoms with E-state index in [-0.39, 0.29) is 21.8 Å². The average Bonchev–Trinajstić information content (AvgIpc) is 3.02. The summed E-state index contributed by atoms with van der Waals surface area (Å²) in [5, 5.41) is -0.478. The van der Waals surface area contributed by atoms with E-state index in [0.717, 1.165) is 6.08 Å². The Bertz CT molecular complexity index is 603. The molecule has 0 amide bonds. The number of carbonyl (C=O) groups is 2. The van der Waals surface area contributed by atoms with E-state index in [1.54, 1.807) is 11.8 Å². The third-order valence-corrected chi connectivity index (χ3v) is 7.78. The number of thioether (sulfide) groups is 1. The maximum Gasteiger partial charge on any atom is 0.347 e. The van der Waals surface area contributed by atoms with Crippen molar-refractivity contribution in [3.05, 3.63) is 12.7 Å². The van der Waals surface area contributed by atoms with Crippen LogP contribution in [0.15, 0.2) is 12.7 Å². The zero-order valence-electron chi connectivity index (χ0n) is 11.2. The van der Waals surface area contributed by atoms with Gasteiger partial charge in [-0.2, -0.15) is 0 Å². The summed E-state index contributed by atoms with van der Waals surface area (Å²) in [5.41, 5.74) is 0. The smallest absolute Gasteiger partial charge is 0.347 e. The predicted molar refractivity (Wildman–Crippen MR) is 75.0 cm³/mol. The molecule has 1 N–H and O–H groups in total. The Morgan fingerprint density at radius 3 is 2.86 bits per heavy atom. The van der Waals surface area contributed by atoms with Gasteiger partial charge in [-0.05, 0) is 13.3 Å². The first kappa shape index (κ1) is 14.9. The second-order valence-corrected chi connectivity index (χ2v) is 8.64. The van der Waals surface area contributed by atoms with Crippen LogP contribution in [-0.2, 0) is 29.1 Å². The molecule has 3 fully saturated rings. The summed E-state index contributed by atoms with van der Waals surface area (Å²) in [6.07, 6.45) is -0.105. The van der Waals surface area contributed by atoms with E-state index in [2.05, 4.69) is 11.3 Å². The Balaban J connectivity index is 1.66. The van der Waals surface area contributed by atoms with E-state index in [1.807, 2.05) is 0 Å². The first-order valence-corrected chi connectivity index (χ1v) is 9.02. The van der Waals surface area contributed by atoms with Crippen LogP contribution in [0.3, 0.4) is 0 Å². The van der Waals surface area contributed by atoms with E-state index in [4.69, 9.17) is 9.47 Å². The van der Waals surface area contributed by atoms with E-state index in [9.17, 15) is 18.0 Å². The summed E-state index contributed by atoms with van der Waals surface area (Å²) in [5.74, 6) is -1.38. The summed E-state index contributed by atoms with van der Waals surface area (Å²) in [6, 6.07) is -0.380. The average molecular weight is 333 g/mol. The quantitative estimate of drug-likeness (QED) is 0.551. The third kappa shape index (κ3) is 2.36. The van der Waals surface area contributed by atoms with Gasteiger partial charge in [0.1, 0.15) is 6.10 Å². The van der Waals surface area contributed by atoms with Crippen molar-refractivity contribution >= 4 is 33.7 Å². The van der Waals surface area contributed by atoms with Crippen molar-refractivity contribution < 1.29 is 27.5 Å². The van der Waals surface area contributed by atoms with E-state index in [0.29, 0.717) is 6.42 Å². The molecule has 116 valence electrons. The van der Waals surface area contributed by atoms with Crippen LogP contribution in [0.1, 0.15) is 13.3 Å². The van der Waals surface area contributed by atoms with Gasteiger partial charge in [-0.1, -0.05) is 6.58 Å². The summed E-state index contributed by atoms with van der Waals surface area (Å²) in [7, 11) is -3.30. The standard InChI is InChI=1S/C12H15NO6S2/c1-3-8(14)18-5(2)12(15)19-10-6-4-7-11(20-6)9(10)13-21(7,16)17/h3,5-7,9-11,13H,1,4H2,2H3. The van der Waals surface area contributed by atoms with Crippen LogP contribution in [0.25, 0.3) is 0 Å². The summed E-state index contributed by atoms with van der Waals surface area (Å²) >= 11 is 1.55. The zero-order chi connectivity index (χ0) is 15.4. The number of sulfonamides is 1. The molecule has 0 aromatic rings. The fourth-order valence-corrected chi connectivity index (χ4v) is 7.46. The lowest BCUT2D eigenvalue weighted by Crippen LogP contribution is -2.46. The molecule has 0 aromatic heterocycles. The van der Waals surface area contributed by atoms with Gasteiger partial charge in [-0.25, -0.2) is 22.7 Å². The Morgan fingerprint density at radius 2 is 2.19 bits per heavy atom. The van der Waals surface area contributed by atoms with Crippen molar-refractivity contribution in [1.82, 2.24) is 4.72 Å². The summed E-state index contributed by atoms with van der Waals surface area (Å²) in [6.45, 7) is 4.66. The first-order chi connectivity index (χ1) is 9.83. The molecule has 0 radical (unpaired) electrons. The van der Waals surface area contributed by atoms with Crippen LogP contribution in [-0.4, -0.2) is 54.4 Å².